The molecule has 0 bridgehead atoms. The molecule has 0 spiro atoms. The van der Waals surface area contributed by atoms with Gasteiger partial charge in [0.2, 0.25) is 0 Å². The number of rotatable bonds is 12. The number of aromatic nitrogens is 1. The zero-order chi connectivity index (χ0) is 27.3. The molecule has 0 aliphatic rings. The third kappa shape index (κ3) is 5.43. The number of nitro groups is 1. The van der Waals surface area contributed by atoms with Crippen molar-refractivity contribution in [2.45, 2.75) is 26.8 Å². The molecule has 1 N–H and O–H groups in total. The Morgan fingerprint density at radius 2 is 1.68 bits per heavy atom. The van der Waals surface area contributed by atoms with E-state index in [4.69, 9.17) is 13.8 Å². The van der Waals surface area contributed by atoms with Gasteiger partial charge in [-0.25, -0.2) is 0 Å². The van der Waals surface area contributed by atoms with Crippen molar-refractivity contribution >= 4 is 40.8 Å². The van der Waals surface area contributed by atoms with Crippen molar-refractivity contribution in [1.29, 1.82) is 0 Å². The number of hydrogen-bond acceptors (Lipinski definition) is 8. The van der Waals surface area contributed by atoms with Crippen molar-refractivity contribution in [3.05, 3.63) is 81.9 Å². The first kappa shape index (κ1) is 27.3. The number of hydrogen-bond donors (Lipinski definition) is 1. The Kier molecular flexibility index (Phi) is 8.46. The van der Waals surface area contributed by atoms with Gasteiger partial charge in [-0.3, -0.25) is 14.7 Å². The summed E-state index contributed by atoms with van der Waals surface area (Å²) in [6, 6.07) is 17.5. The summed E-state index contributed by atoms with van der Waals surface area (Å²) in [5, 5.41) is 26.5. The topological polar surface area (TPSA) is 125 Å². The van der Waals surface area contributed by atoms with E-state index in [1.165, 1.54) is 6.07 Å². The van der Waals surface area contributed by atoms with Crippen LogP contribution in [0.4, 0.5) is 5.69 Å². The number of fused-ring (bicyclic) bond motifs is 3. The van der Waals surface area contributed by atoms with Gasteiger partial charge in [-0.05, 0) is 50.6 Å². The van der Waals surface area contributed by atoms with E-state index in [-0.39, 0.29) is 11.8 Å². The third-order valence-electron chi connectivity index (χ3n) is 6.26. The zero-order valence-corrected chi connectivity index (χ0v) is 22.4. The van der Waals surface area contributed by atoms with E-state index in [2.05, 4.69) is 5.16 Å². The number of non-ortho nitro benzene ring substituents is 1. The fraction of sp³-hybridized carbons (Fsp3) is 0.296. The van der Waals surface area contributed by atoms with E-state index in [0.717, 1.165) is 16.4 Å². The van der Waals surface area contributed by atoms with Gasteiger partial charge in [0.15, 0.2) is 0 Å². The molecule has 1 heterocycles. The number of ether oxygens (including phenoxy) is 1. The van der Waals surface area contributed by atoms with Crippen molar-refractivity contribution < 1.29 is 28.5 Å². The van der Waals surface area contributed by atoms with Crippen LogP contribution in [0, 0.1) is 10.1 Å². The van der Waals surface area contributed by atoms with Crippen LogP contribution in [-0.2, 0) is 20.2 Å². The maximum Gasteiger partial charge on any atom is 0.330 e. The molecule has 0 atom stereocenters. The molecule has 0 aliphatic carbocycles. The Bertz CT molecular complexity index is 1540. The van der Waals surface area contributed by atoms with E-state index < -0.39 is 12.5 Å². The van der Waals surface area contributed by atoms with Gasteiger partial charge in [0.25, 0.3) is 5.69 Å². The molecule has 0 saturated heterocycles. The molecule has 38 heavy (non-hydrogen) atoms. The summed E-state index contributed by atoms with van der Waals surface area (Å²) >= 11 is 0. The average molecular weight is 540 g/mol. The SMILES string of the molecule is CCOP(=O)(CCCn1c2ccc(C(=NO)c3ccccc3OC)cc2c2cc([N+](=O)[O-])ccc21)OCC. The van der Waals surface area contributed by atoms with Gasteiger partial charge >= 0.3 is 7.60 Å². The summed E-state index contributed by atoms with van der Waals surface area (Å²) in [5.74, 6) is 0.548. The highest BCUT2D eigenvalue weighted by molar-refractivity contribution is 7.53. The molecule has 4 rings (SSSR count). The first-order valence-electron chi connectivity index (χ1n) is 12.3. The van der Waals surface area contributed by atoms with E-state index in [1.807, 2.05) is 34.9 Å². The molecule has 0 aliphatic heterocycles. The Balaban J connectivity index is 1.81. The molecule has 0 unspecified atom stereocenters. The molecule has 1 aromatic heterocycles. The molecule has 0 saturated carbocycles. The number of benzene rings is 3. The number of oxime groups is 1. The van der Waals surface area contributed by atoms with Crippen molar-refractivity contribution in [2.24, 2.45) is 5.16 Å². The van der Waals surface area contributed by atoms with E-state index >= 15 is 0 Å². The molecule has 3 aromatic carbocycles. The normalized spacial score (nSPS) is 12.3. The minimum Gasteiger partial charge on any atom is -0.496 e. The highest BCUT2D eigenvalue weighted by atomic mass is 31.2. The standard InChI is InChI=1S/C27H30N3O7P/c1-4-36-38(34,37-5-2)16-8-15-29-24-13-11-19(27(28-31)21-9-6-7-10-26(21)35-3)17-22(24)23-18-20(30(32)33)12-14-25(23)29/h6-7,9-14,17-18,31H,4-5,8,15-16H2,1-3H3. The van der Waals surface area contributed by atoms with E-state index in [0.29, 0.717) is 54.2 Å². The van der Waals surface area contributed by atoms with Crippen molar-refractivity contribution in [3.8, 4) is 5.75 Å². The van der Waals surface area contributed by atoms with Gasteiger partial charge in [0.05, 0.1) is 31.4 Å². The maximum absolute atomic E-state index is 13.0. The molecule has 0 amide bonds. The van der Waals surface area contributed by atoms with Gasteiger partial charge in [-0.15, -0.1) is 0 Å². The van der Waals surface area contributed by atoms with Crippen molar-refractivity contribution in [3.63, 3.8) is 0 Å². The molecule has 0 fully saturated rings. The first-order chi connectivity index (χ1) is 18.4. The summed E-state index contributed by atoms with van der Waals surface area (Å²) in [4.78, 5) is 11.1. The number of aryl methyl sites for hydroxylation is 1. The first-order valence-corrected chi connectivity index (χ1v) is 14.0. The average Bonchev–Trinajstić information content (AvgIpc) is 3.22. The number of nitro benzene ring substituents is 1. The molecule has 11 heteroatoms. The van der Waals surface area contributed by atoms with Crippen LogP contribution >= 0.6 is 7.60 Å². The summed E-state index contributed by atoms with van der Waals surface area (Å²) in [6.45, 7) is 4.63. The highest BCUT2D eigenvalue weighted by Gasteiger charge is 2.24. The van der Waals surface area contributed by atoms with E-state index in [1.54, 1.807) is 45.2 Å². The highest BCUT2D eigenvalue weighted by Crippen LogP contribution is 2.48. The van der Waals surface area contributed by atoms with Crippen LogP contribution in [0.2, 0.25) is 0 Å². The van der Waals surface area contributed by atoms with Crippen LogP contribution in [-0.4, -0.2) is 46.9 Å². The molecule has 10 nitrogen and oxygen atoms in total. The van der Waals surface area contributed by atoms with Crippen LogP contribution in [0.15, 0.2) is 65.8 Å². The summed E-state index contributed by atoms with van der Waals surface area (Å²) in [5.41, 5.74) is 3.14. The summed E-state index contributed by atoms with van der Waals surface area (Å²) in [7, 11) is -1.66. The molecule has 0 radical (unpaired) electrons. The van der Waals surface area contributed by atoms with Crippen molar-refractivity contribution in [2.75, 3.05) is 26.5 Å². The van der Waals surface area contributed by atoms with Crippen LogP contribution in [0.25, 0.3) is 21.8 Å². The lowest BCUT2D eigenvalue weighted by Gasteiger charge is -2.17. The van der Waals surface area contributed by atoms with Gasteiger partial charge in [-0.2, -0.15) is 0 Å². The second-order valence-electron chi connectivity index (χ2n) is 8.51. The second-order valence-corrected chi connectivity index (χ2v) is 10.7. The second kappa shape index (κ2) is 11.8. The minimum atomic E-state index is -3.20. The van der Waals surface area contributed by atoms with Crippen LogP contribution < -0.4 is 4.74 Å². The summed E-state index contributed by atoms with van der Waals surface area (Å²) in [6.07, 6.45) is 0.759. The zero-order valence-electron chi connectivity index (χ0n) is 21.5. The molecule has 4 aromatic rings. The summed E-state index contributed by atoms with van der Waals surface area (Å²) < 4.78 is 31.3. The Hall–Kier alpha value is -3.72. The monoisotopic (exact) mass is 539 g/mol. The lowest BCUT2D eigenvalue weighted by Crippen LogP contribution is -2.06. The molecule has 200 valence electrons. The Morgan fingerprint density at radius 1 is 1.03 bits per heavy atom. The lowest BCUT2D eigenvalue weighted by molar-refractivity contribution is -0.384. The minimum absolute atomic E-state index is 0.0278. The van der Waals surface area contributed by atoms with Gasteiger partial charge < -0.3 is 23.6 Å². The molecular weight excluding hydrogens is 509 g/mol. The van der Waals surface area contributed by atoms with Gasteiger partial charge in [0.1, 0.15) is 11.5 Å². The predicted octanol–water partition coefficient (Wildman–Crippen LogP) is 6.59. The number of para-hydroxylation sites is 1. The van der Waals surface area contributed by atoms with Gasteiger partial charge in [-0.1, -0.05) is 23.4 Å². The predicted molar refractivity (Wildman–Crippen MR) is 147 cm³/mol. The largest absolute Gasteiger partial charge is 0.496 e. The third-order valence-corrected chi connectivity index (χ3v) is 8.43. The maximum atomic E-state index is 13.0. The lowest BCUT2D eigenvalue weighted by atomic mass is 9.99. The Morgan fingerprint density at radius 3 is 2.32 bits per heavy atom. The fourth-order valence-electron chi connectivity index (χ4n) is 4.68. The van der Waals surface area contributed by atoms with Crippen molar-refractivity contribution in [1.82, 2.24) is 4.57 Å². The Labute approximate surface area is 220 Å². The van der Waals surface area contributed by atoms with Gasteiger partial charge in [0, 0.05) is 51.6 Å². The fourth-order valence-corrected chi connectivity index (χ4v) is 6.33. The molecular formula is C27H30N3O7P. The van der Waals surface area contributed by atoms with E-state index in [9.17, 15) is 19.9 Å². The van der Waals surface area contributed by atoms with Crippen LogP contribution in [0.1, 0.15) is 31.4 Å². The quantitative estimate of drug-likeness (QED) is 0.0707. The smallest absolute Gasteiger partial charge is 0.330 e. The number of methoxy groups -OCH3 is 1. The van der Waals surface area contributed by atoms with Crippen LogP contribution in [0.5, 0.6) is 5.75 Å². The number of nitrogens with zero attached hydrogens (tertiary/aromatic N) is 3. The van der Waals surface area contributed by atoms with Crippen LogP contribution in [0.3, 0.4) is 0 Å².